The normalized spacial score (nSPS) is 16.2. The summed E-state index contributed by atoms with van der Waals surface area (Å²) in [5, 5.41) is 3.51. The molecule has 0 heterocycles. The average Bonchev–Trinajstić information content (AvgIpc) is 3.29. The number of hydrogen-bond acceptors (Lipinski definition) is 2. The fraction of sp³-hybridized carbons (Fsp3) is 0.294. The Morgan fingerprint density at radius 3 is 2.35 bits per heavy atom. The number of rotatable bonds is 5. The Kier molecular flexibility index (Phi) is 4.38. The molecule has 0 unspecified atom stereocenters. The highest BCUT2D eigenvalue weighted by Crippen LogP contribution is 2.45. The molecule has 1 aliphatic rings. The van der Waals surface area contributed by atoms with Crippen LogP contribution in [0.3, 0.4) is 0 Å². The van der Waals surface area contributed by atoms with E-state index in [0.29, 0.717) is 11.0 Å². The van der Waals surface area contributed by atoms with Gasteiger partial charge >= 0.3 is 6.36 Å². The van der Waals surface area contributed by atoms with Crippen molar-refractivity contribution in [2.24, 2.45) is 0 Å². The quantitative estimate of drug-likeness (QED) is 0.770. The van der Waals surface area contributed by atoms with Crippen LogP contribution in [0.5, 0.6) is 5.75 Å². The molecule has 2 aromatic carbocycles. The summed E-state index contributed by atoms with van der Waals surface area (Å²) in [4.78, 5) is 0. The van der Waals surface area contributed by atoms with Crippen LogP contribution in [0.25, 0.3) is 0 Å². The van der Waals surface area contributed by atoms with Crippen molar-refractivity contribution in [3.05, 3.63) is 64.1 Å². The predicted molar refractivity (Wildman–Crippen MR) is 85.0 cm³/mol. The average molecular weight is 386 g/mol. The van der Waals surface area contributed by atoms with E-state index < -0.39 is 6.36 Å². The second-order valence-corrected chi connectivity index (χ2v) is 6.47. The Hall–Kier alpha value is -1.53. The molecule has 23 heavy (non-hydrogen) atoms. The zero-order valence-electron chi connectivity index (χ0n) is 12.2. The van der Waals surface area contributed by atoms with Gasteiger partial charge in [0.25, 0.3) is 0 Å². The van der Waals surface area contributed by atoms with Gasteiger partial charge in [-0.15, -0.1) is 13.2 Å². The van der Waals surface area contributed by atoms with E-state index in [1.54, 1.807) is 12.1 Å². The molecule has 122 valence electrons. The Labute approximate surface area is 140 Å². The van der Waals surface area contributed by atoms with Gasteiger partial charge in [0.2, 0.25) is 0 Å². The third-order valence-corrected chi connectivity index (χ3v) is 4.55. The maximum atomic E-state index is 12.3. The fourth-order valence-electron chi connectivity index (χ4n) is 2.58. The van der Waals surface area contributed by atoms with Crippen molar-refractivity contribution in [3.8, 4) is 5.75 Å². The lowest BCUT2D eigenvalue weighted by Gasteiger charge is -2.18. The number of ether oxygens (including phenoxy) is 1. The van der Waals surface area contributed by atoms with Crippen LogP contribution in [0.1, 0.15) is 24.0 Å². The van der Waals surface area contributed by atoms with E-state index in [-0.39, 0.29) is 11.3 Å². The summed E-state index contributed by atoms with van der Waals surface area (Å²) in [5.41, 5.74) is 2.14. The summed E-state index contributed by atoms with van der Waals surface area (Å²) in [6, 6.07) is 14.8. The molecule has 2 aromatic rings. The van der Waals surface area contributed by atoms with Gasteiger partial charge in [0.05, 0.1) is 4.47 Å². The van der Waals surface area contributed by atoms with Gasteiger partial charge in [0.15, 0.2) is 0 Å². The van der Waals surface area contributed by atoms with Crippen molar-refractivity contribution in [1.82, 2.24) is 5.32 Å². The van der Waals surface area contributed by atoms with Gasteiger partial charge in [-0.25, -0.2) is 0 Å². The SMILES string of the molecule is FC(F)(F)Oc1ccc(CNC2(c3ccccc3)CC2)cc1Br. The molecule has 0 radical (unpaired) electrons. The molecule has 0 spiro atoms. The van der Waals surface area contributed by atoms with E-state index in [1.807, 2.05) is 18.2 Å². The Bertz CT molecular complexity index is 684. The zero-order valence-corrected chi connectivity index (χ0v) is 13.7. The highest BCUT2D eigenvalue weighted by Gasteiger charge is 2.43. The van der Waals surface area contributed by atoms with Crippen LogP contribution < -0.4 is 10.1 Å². The molecule has 0 bridgehead atoms. The second kappa shape index (κ2) is 6.17. The van der Waals surface area contributed by atoms with E-state index in [4.69, 9.17) is 0 Å². The van der Waals surface area contributed by atoms with Crippen LogP contribution in [0.15, 0.2) is 53.0 Å². The number of hydrogen-bond donors (Lipinski definition) is 1. The Morgan fingerprint density at radius 1 is 1.09 bits per heavy atom. The third kappa shape index (κ3) is 4.06. The number of benzene rings is 2. The maximum absolute atomic E-state index is 12.3. The van der Waals surface area contributed by atoms with Gasteiger partial charge in [-0.1, -0.05) is 36.4 Å². The summed E-state index contributed by atoms with van der Waals surface area (Å²) in [5.74, 6) is -0.231. The Balaban J connectivity index is 1.66. The summed E-state index contributed by atoms with van der Waals surface area (Å²) in [7, 11) is 0. The van der Waals surface area contributed by atoms with E-state index in [2.05, 4.69) is 38.1 Å². The van der Waals surface area contributed by atoms with E-state index in [9.17, 15) is 13.2 Å². The topological polar surface area (TPSA) is 21.3 Å². The molecule has 2 nitrogen and oxygen atoms in total. The lowest BCUT2D eigenvalue weighted by Crippen LogP contribution is -2.28. The third-order valence-electron chi connectivity index (χ3n) is 3.93. The monoisotopic (exact) mass is 385 g/mol. The fourth-order valence-corrected chi connectivity index (χ4v) is 3.09. The molecule has 0 atom stereocenters. The van der Waals surface area contributed by atoms with Crippen LogP contribution in [0.4, 0.5) is 13.2 Å². The number of alkyl halides is 3. The van der Waals surface area contributed by atoms with Crippen molar-refractivity contribution in [2.45, 2.75) is 31.3 Å². The van der Waals surface area contributed by atoms with Gasteiger partial charge in [-0.2, -0.15) is 0 Å². The molecule has 6 heteroatoms. The molecule has 0 amide bonds. The van der Waals surface area contributed by atoms with Gasteiger partial charge < -0.3 is 10.1 Å². The van der Waals surface area contributed by atoms with Crippen molar-refractivity contribution < 1.29 is 17.9 Å². The smallest absolute Gasteiger partial charge is 0.405 e. The van der Waals surface area contributed by atoms with Gasteiger partial charge in [0.1, 0.15) is 5.75 Å². The Morgan fingerprint density at radius 2 is 1.78 bits per heavy atom. The van der Waals surface area contributed by atoms with Crippen LogP contribution in [0.2, 0.25) is 0 Å². The largest absolute Gasteiger partial charge is 0.573 e. The van der Waals surface area contributed by atoms with E-state index in [1.165, 1.54) is 11.6 Å². The van der Waals surface area contributed by atoms with Crippen molar-refractivity contribution in [2.75, 3.05) is 0 Å². The molecule has 0 aliphatic heterocycles. The van der Waals surface area contributed by atoms with Crippen LogP contribution in [-0.2, 0) is 12.1 Å². The summed E-state index contributed by atoms with van der Waals surface area (Å²) in [6.45, 7) is 0.583. The summed E-state index contributed by atoms with van der Waals surface area (Å²) in [6.07, 6.45) is -2.56. The number of halogens is 4. The standard InChI is InChI=1S/C17H15BrF3NO/c18-14-10-12(6-7-15(14)23-17(19,20)21)11-22-16(8-9-16)13-4-2-1-3-5-13/h1-7,10,22H,8-9,11H2. The van der Waals surface area contributed by atoms with Gasteiger partial charge in [-0.3, -0.25) is 0 Å². The highest BCUT2D eigenvalue weighted by molar-refractivity contribution is 9.10. The van der Waals surface area contributed by atoms with Crippen LogP contribution >= 0.6 is 15.9 Å². The van der Waals surface area contributed by atoms with Gasteiger partial charge in [0, 0.05) is 12.1 Å². The van der Waals surface area contributed by atoms with E-state index >= 15 is 0 Å². The first-order valence-corrected chi connectivity index (χ1v) is 8.02. The molecular weight excluding hydrogens is 371 g/mol. The minimum atomic E-state index is -4.69. The molecule has 1 fully saturated rings. The second-order valence-electron chi connectivity index (χ2n) is 5.61. The summed E-state index contributed by atoms with van der Waals surface area (Å²) >= 11 is 3.13. The lowest BCUT2D eigenvalue weighted by atomic mass is 10.0. The van der Waals surface area contributed by atoms with Crippen LogP contribution in [0, 0.1) is 0 Å². The highest BCUT2D eigenvalue weighted by atomic mass is 79.9. The molecule has 0 saturated heterocycles. The van der Waals surface area contributed by atoms with Crippen molar-refractivity contribution in [1.29, 1.82) is 0 Å². The van der Waals surface area contributed by atoms with Gasteiger partial charge in [-0.05, 0) is 52.0 Å². The number of nitrogens with one attached hydrogen (secondary N) is 1. The minimum absolute atomic E-state index is 0.00508. The zero-order chi connectivity index (χ0) is 16.5. The maximum Gasteiger partial charge on any atom is 0.573 e. The molecule has 1 aliphatic carbocycles. The van der Waals surface area contributed by atoms with Crippen molar-refractivity contribution >= 4 is 15.9 Å². The molecule has 1 saturated carbocycles. The first-order valence-electron chi connectivity index (χ1n) is 7.23. The van der Waals surface area contributed by atoms with Crippen molar-refractivity contribution in [3.63, 3.8) is 0 Å². The molecular formula is C17H15BrF3NO. The molecule has 0 aromatic heterocycles. The minimum Gasteiger partial charge on any atom is -0.405 e. The molecule has 3 rings (SSSR count). The van der Waals surface area contributed by atoms with Crippen LogP contribution in [-0.4, -0.2) is 6.36 Å². The first kappa shape index (κ1) is 16.3. The molecule has 1 N–H and O–H groups in total. The predicted octanol–water partition coefficient (Wildman–Crippen LogP) is 5.13. The lowest BCUT2D eigenvalue weighted by molar-refractivity contribution is -0.274. The van der Waals surface area contributed by atoms with E-state index in [0.717, 1.165) is 18.4 Å². The summed E-state index contributed by atoms with van der Waals surface area (Å²) < 4.78 is 41.0. The first-order chi connectivity index (χ1) is 10.9.